The minimum atomic E-state index is 0.837. The van der Waals surface area contributed by atoms with Gasteiger partial charge in [0, 0.05) is 18.0 Å². The van der Waals surface area contributed by atoms with Crippen molar-refractivity contribution in [3.05, 3.63) is 54.4 Å². The van der Waals surface area contributed by atoms with Crippen molar-refractivity contribution >= 4 is 22.1 Å². The molecule has 0 aliphatic heterocycles. The second kappa shape index (κ2) is 4.66. The normalized spacial score (nSPS) is 11.3. The highest BCUT2D eigenvalue weighted by atomic mass is 14.9. The Bertz CT molecular complexity index is 934. The molecule has 1 N–H and O–H groups in total. The van der Waals surface area contributed by atoms with Crippen LogP contribution in [-0.4, -0.2) is 19.9 Å². The third-order valence-electron chi connectivity index (χ3n) is 3.71. The van der Waals surface area contributed by atoms with E-state index >= 15 is 0 Å². The molecule has 0 amide bonds. The molecular formula is C17H14N4. The maximum Gasteiger partial charge on any atom is 0.140 e. The summed E-state index contributed by atoms with van der Waals surface area (Å²) in [7, 11) is 0. The van der Waals surface area contributed by atoms with E-state index in [0.29, 0.717) is 0 Å². The summed E-state index contributed by atoms with van der Waals surface area (Å²) in [5.41, 5.74) is 6.07. The molecular weight excluding hydrogens is 260 g/mol. The molecule has 4 nitrogen and oxygen atoms in total. The minimum Gasteiger partial charge on any atom is -0.338 e. The topological polar surface area (TPSA) is 54.5 Å². The average molecular weight is 274 g/mol. The van der Waals surface area contributed by atoms with Crippen molar-refractivity contribution in [2.24, 2.45) is 0 Å². The molecule has 0 aliphatic carbocycles. The predicted octanol–water partition coefficient (Wildman–Crippen LogP) is 3.74. The monoisotopic (exact) mass is 274 g/mol. The largest absolute Gasteiger partial charge is 0.338 e. The molecule has 0 atom stereocenters. The number of aromatic amines is 1. The summed E-state index contributed by atoms with van der Waals surface area (Å²) in [6.45, 7) is 2.15. The zero-order chi connectivity index (χ0) is 14.2. The molecule has 4 aromatic rings. The van der Waals surface area contributed by atoms with E-state index in [9.17, 15) is 0 Å². The van der Waals surface area contributed by atoms with E-state index in [1.54, 1.807) is 12.4 Å². The van der Waals surface area contributed by atoms with Gasteiger partial charge in [-0.2, -0.15) is 0 Å². The van der Waals surface area contributed by atoms with E-state index < -0.39 is 0 Å². The van der Waals surface area contributed by atoms with Crippen LogP contribution in [0.3, 0.4) is 0 Å². The van der Waals surface area contributed by atoms with Gasteiger partial charge in [0.2, 0.25) is 0 Å². The number of fused-ring (bicyclic) bond motifs is 2. The molecule has 0 saturated heterocycles. The Hall–Kier alpha value is -2.75. The van der Waals surface area contributed by atoms with E-state index in [4.69, 9.17) is 0 Å². The lowest BCUT2D eigenvalue weighted by Crippen LogP contribution is -1.88. The van der Waals surface area contributed by atoms with Gasteiger partial charge in [0.25, 0.3) is 0 Å². The molecule has 0 unspecified atom stereocenters. The SMILES string of the molecule is CCc1ccc2nc(-c3cccc4nccnc34)[nH]c2c1. The van der Waals surface area contributed by atoms with Crippen molar-refractivity contribution in [2.45, 2.75) is 13.3 Å². The Balaban J connectivity index is 1.96. The maximum atomic E-state index is 4.69. The van der Waals surface area contributed by atoms with E-state index in [0.717, 1.165) is 39.9 Å². The molecule has 4 heteroatoms. The highest BCUT2D eigenvalue weighted by Gasteiger charge is 2.10. The highest BCUT2D eigenvalue weighted by molar-refractivity contribution is 5.91. The van der Waals surface area contributed by atoms with Crippen LogP contribution >= 0.6 is 0 Å². The number of para-hydroxylation sites is 1. The fraction of sp³-hybridized carbons (Fsp3) is 0.118. The number of hydrogen-bond donors (Lipinski definition) is 1. The van der Waals surface area contributed by atoms with Crippen molar-refractivity contribution in [3.8, 4) is 11.4 Å². The lowest BCUT2D eigenvalue weighted by Gasteiger charge is -2.01. The molecule has 4 rings (SSSR count). The molecule has 0 aliphatic rings. The van der Waals surface area contributed by atoms with Crippen molar-refractivity contribution in [3.63, 3.8) is 0 Å². The van der Waals surface area contributed by atoms with E-state index in [-0.39, 0.29) is 0 Å². The van der Waals surface area contributed by atoms with Gasteiger partial charge in [-0.25, -0.2) is 4.98 Å². The van der Waals surface area contributed by atoms with Crippen LogP contribution in [0.2, 0.25) is 0 Å². The van der Waals surface area contributed by atoms with Crippen molar-refractivity contribution < 1.29 is 0 Å². The molecule has 0 saturated carbocycles. The van der Waals surface area contributed by atoms with Gasteiger partial charge in [-0.3, -0.25) is 9.97 Å². The summed E-state index contributed by atoms with van der Waals surface area (Å²) in [5.74, 6) is 0.837. The first-order chi connectivity index (χ1) is 10.3. The van der Waals surface area contributed by atoms with Gasteiger partial charge in [-0.15, -0.1) is 0 Å². The first kappa shape index (κ1) is 12.0. The lowest BCUT2D eigenvalue weighted by atomic mass is 10.1. The van der Waals surface area contributed by atoms with Crippen LogP contribution in [-0.2, 0) is 6.42 Å². The number of hydrogen-bond acceptors (Lipinski definition) is 3. The Morgan fingerprint density at radius 1 is 1.00 bits per heavy atom. The molecule has 0 bridgehead atoms. The van der Waals surface area contributed by atoms with Crippen LogP contribution in [0, 0.1) is 0 Å². The maximum absolute atomic E-state index is 4.69. The number of benzene rings is 2. The number of aryl methyl sites for hydroxylation is 1. The number of imidazole rings is 1. The third-order valence-corrected chi connectivity index (χ3v) is 3.71. The molecule has 2 aromatic carbocycles. The van der Waals surface area contributed by atoms with Gasteiger partial charge in [0.05, 0.1) is 22.1 Å². The Morgan fingerprint density at radius 3 is 2.81 bits per heavy atom. The Labute approximate surface area is 121 Å². The molecule has 0 radical (unpaired) electrons. The summed E-state index contributed by atoms with van der Waals surface area (Å²) in [4.78, 5) is 16.9. The molecule has 0 spiro atoms. The van der Waals surface area contributed by atoms with E-state index in [1.807, 2.05) is 18.2 Å². The summed E-state index contributed by atoms with van der Waals surface area (Å²) >= 11 is 0. The van der Waals surface area contributed by atoms with Crippen LogP contribution in [0.15, 0.2) is 48.8 Å². The standard InChI is InChI=1S/C17H14N4/c1-2-11-6-7-13-15(10-11)21-17(20-13)12-4-3-5-14-16(12)19-9-8-18-14/h3-10H,2H2,1H3,(H,20,21). The quantitative estimate of drug-likeness (QED) is 0.606. The third kappa shape index (κ3) is 1.96. The number of aromatic nitrogens is 4. The number of H-pyrrole nitrogens is 1. The van der Waals surface area contributed by atoms with Crippen LogP contribution in [0.4, 0.5) is 0 Å². The second-order valence-corrected chi connectivity index (χ2v) is 5.02. The van der Waals surface area contributed by atoms with Crippen molar-refractivity contribution in [2.75, 3.05) is 0 Å². The van der Waals surface area contributed by atoms with E-state index in [1.165, 1.54) is 5.56 Å². The predicted molar refractivity (Wildman–Crippen MR) is 84.0 cm³/mol. The summed E-state index contributed by atoms with van der Waals surface area (Å²) in [6, 6.07) is 12.3. The van der Waals surface area contributed by atoms with Crippen LogP contribution < -0.4 is 0 Å². The fourth-order valence-electron chi connectivity index (χ4n) is 2.59. The van der Waals surface area contributed by atoms with Crippen molar-refractivity contribution in [1.29, 1.82) is 0 Å². The zero-order valence-corrected chi connectivity index (χ0v) is 11.7. The molecule has 2 aromatic heterocycles. The van der Waals surface area contributed by atoms with Gasteiger partial charge in [-0.1, -0.05) is 19.1 Å². The van der Waals surface area contributed by atoms with Crippen LogP contribution in [0.1, 0.15) is 12.5 Å². The fourth-order valence-corrected chi connectivity index (χ4v) is 2.59. The van der Waals surface area contributed by atoms with Gasteiger partial charge in [0.1, 0.15) is 5.82 Å². The average Bonchev–Trinajstić information content (AvgIpc) is 2.97. The van der Waals surface area contributed by atoms with E-state index in [2.05, 4.69) is 45.1 Å². The number of rotatable bonds is 2. The molecule has 21 heavy (non-hydrogen) atoms. The number of nitrogens with one attached hydrogen (secondary N) is 1. The molecule has 2 heterocycles. The Kier molecular flexibility index (Phi) is 2.67. The summed E-state index contributed by atoms with van der Waals surface area (Å²) in [5, 5.41) is 0. The van der Waals surface area contributed by atoms with Gasteiger partial charge < -0.3 is 4.98 Å². The number of nitrogens with zero attached hydrogens (tertiary/aromatic N) is 3. The van der Waals surface area contributed by atoms with Gasteiger partial charge in [-0.05, 0) is 36.2 Å². The molecule has 102 valence electrons. The second-order valence-electron chi connectivity index (χ2n) is 5.02. The minimum absolute atomic E-state index is 0.837. The van der Waals surface area contributed by atoms with Gasteiger partial charge >= 0.3 is 0 Å². The Morgan fingerprint density at radius 2 is 1.90 bits per heavy atom. The summed E-state index contributed by atoms with van der Waals surface area (Å²) in [6.07, 6.45) is 4.44. The zero-order valence-electron chi connectivity index (χ0n) is 11.7. The smallest absolute Gasteiger partial charge is 0.140 e. The highest BCUT2D eigenvalue weighted by Crippen LogP contribution is 2.26. The first-order valence-corrected chi connectivity index (χ1v) is 7.04. The van der Waals surface area contributed by atoms with Crippen LogP contribution in [0.5, 0.6) is 0 Å². The first-order valence-electron chi connectivity index (χ1n) is 7.04. The molecule has 0 fully saturated rings. The van der Waals surface area contributed by atoms with Gasteiger partial charge in [0.15, 0.2) is 0 Å². The van der Waals surface area contributed by atoms with Crippen molar-refractivity contribution in [1.82, 2.24) is 19.9 Å². The van der Waals surface area contributed by atoms with Crippen LogP contribution in [0.25, 0.3) is 33.5 Å². The summed E-state index contributed by atoms with van der Waals surface area (Å²) < 4.78 is 0. The lowest BCUT2D eigenvalue weighted by molar-refractivity contribution is 1.14.